The van der Waals surface area contributed by atoms with Crippen LogP contribution in [0.25, 0.3) is 0 Å². The van der Waals surface area contributed by atoms with Crippen molar-refractivity contribution >= 4 is 11.6 Å². The van der Waals surface area contributed by atoms with Gasteiger partial charge >= 0.3 is 0 Å². The highest BCUT2D eigenvalue weighted by molar-refractivity contribution is 6.18. The summed E-state index contributed by atoms with van der Waals surface area (Å²) in [5.74, 6) is 0.597. The lowest BCUT2D eigenvalue weighted by Gasteiger charge is -2.22. The molecule has 0 bridgehead atoms. The van der Waals surface area contributed by atoms with Crippen molar-refractivity contribution in [3.05, 3.63) is 78.2 Å². The van der Waals surface area contributed by atoms with Gasteiger partial charge in [-0.05, 0) is 17.5 Å². The molecule has 2 rings (SSSR count). The molecule has 0 fully saturated rings. The highest BCUT2D eigenvalue weighted by atomic mass is 35.5. The molecule has 2 heteroatoms. The largest absolute Gasteiger partial charge is 0.295 e. The monoisotopic (exact) mass is 272 g/mol. The zero-order valence-electron chi connectivity index (χ0n) is 11.0. The van der Waals surface area contributed by atoms with E-state index in [-0.39, 0.29) is 0 Å². The fourth-order valence-electron chi connectivity index (χ4n) is 2.10. The number of halogens is 1. The lowest BCUT2D eigenvalue weighted by molar-refractivity contribution is 0.278. The summed E-state index contributed by atoms with van der Waals surface area (Å²) < 4.78 is 0. The number of alkyl halides is 1. The Hall–Kier alpha value is -1.31. The third-order valence-electron chi connectivity index (χ3n) is 2.99. The van der Waals surface area contributed by atoms with Gasteiger partial charge in [-0.15, -0.1) is 11.6 Å². The van der Waals surface area contributed by atoms with Crippen LogP contribution in [0, 0.1) is 6.42 Å². The van der Waals surface area contributed by atoms with E-state index in [4.69, 9.17) is 11.6 Å². The molecule has 0 aromatic heterocycles. The van der Waals surface area contributed by atoms with E-state index in [0.29, 0.717) is 5.88 Å². The summed E-state index contributed by atoms with van der Waals surface area (Å²) in [6.45, 7) is 2.81. The average molecular weight is 273 g/mol. The molecule has 0 aliphatic rings. The first kappa shape index (κ1) is 14.1. The van der Waals surface area contributed by atoms with Gasteiger partial charge in [0.05, 0.1) is 0 Å². The van der Waals surface area contributed by atoms with E-state index in [1.165, 1.54) is 11.1 Å². The van der Waals surface area contributed by atoms with Gasteiger partial charge < -0.3 is 0 Å². The second-order valence-corrected chi connectivity index (χ2v) is 4.89. The molecule has 2 aromatic carbocycles. The van der Waals surface area contributed by atoms with Gasteiger partial charge in [-0.25, -0.2) is 0 Å². The number of hydrogen-bond acceptors (Lipinski definition) is 1. The van der Waals surface area contributed by atoms with Crippen molar-refractivity contribution in [2.24, 2.45) is 0 Å². The Morgan fingerprint density at radius 2 is 1.26 bits per heavy atom. The van der Waals surface area contributed by atoms with Crippen LogP contribution in [-0.2, 0) is 13.1 Å². The molecule has 0 atom stereocenters. The Balaban J connectivity index is 1.99. The molecule has 99 valence electrons. The van der Waals surface area contributed by atoms with Gasteiger partial charge in [0.2, 0.25) is 0 Å². The smallest absolute Gasteiger partial charge is 0.0267 e. The number of benzene rings is 2. The summed E-state index contributed by atoms with van der Waals surface area (Å²) in [6.07, 6.45) is 2.10. The first-order valence-corrected chi connectivity index (χ1v) is 7.10. The first-order valence-electron chi connectivity index (χ1n) is 6.56. The first-order chi connectivity index (χ1) is 9.38. The van der Waals surface area contributed by atoms with Crippen molar-refractivity contribution in [1.82, 2.24) is 4.90 Å². The lowest BCUT2D eigenvalue weighted by Crippen LogP contribution is -2.24. The molecular formula is C17H19ClN. The van der Waals surface area contributed by atoms with Crippen LogP contribution < -0.4 is 0 Å². The van der Waals surface area contributed by atoms with E-state index in [1.54, 1.807) is 0 Å². The van der Waals surface area contributed by atoms with E-state index < -0.39 is 0 Å². The summed E-state index contributed by atoms with van der Waals surface area (Å²) in [6, 6.07) is 21.1. The maximum absolute atomic E-state index is 5.77. The van der Waals surface area contributed by atoms with Crippen LogP contribution in [-0.4, -0.2) is 17.3 Å². The van der Waals surface area contributed by atoms with Gasteiger partial charge in [0.15, 0.2) is 0 Å². The molecule has 0 aliphatic heterocycles. The van der Waals surface area contributed by atoms with E-state index in [9.17, 15) is 0 Å². The molecule has 0 unspecified atom stereocenters. The van der Waals surface area contributed by atoms with Crippen LogP contribution in [0.15, 0.2) is 60.7 Å². The molecule has 1 radical (unpaired) electrons. The second-order valence-electron chi connectivity index (χ2n) is 4.58. The molecule has 0 spiro atoms. The zero-order chi connectivity index (χ0) is 13.3. The van der Waals surface area contributed by atoms with Crippen molar-refractivity contribution in [3.63, 3.8) is 0 Å². The molecule has 0 saturated heterocycles. The topological polar surface area (TPSA) is 3.24 Å². The third kappa shape index (κ3) is 5.06. The van der Waals surface area contributed by atoms with Gasteiger partial charge in [-0.3, -0.25) is 4.90 Å². The van der Waals surface area contributed by atoms with Crippen LogP contribution in [0.4, 0.5) is 0 Å². The Morgan fingerprint density at radius 1 is 0.789 bits per heavy atom. The standard InChI is InChI=1S/C17H19ClN/c18-12-7-13-19(14-16-8-3-1-4-9-16)15-17-10-5-2-6-11-17/h1-11H,12-15H2. The fraction of sp³-hybridized carbons (Fsp3) is 0.235. The quantitative estimate of drug-likeness (QED) is 0.685. The highest BCUT2D eigenvalue weighted by Crippen LogP contribution is 2.10. The summed E-state index contributed by atoms with van der Waals surface area (Å²) in [4.78, 5) is 2.40. The molecule has 2 aromatic rings. The molecule has 0 heterocycles. The maximum Gasteiger partial charge on any atom is 0.0267 e. The van der Waals surface area contributed by atoms with Crippen LogP contribution in [0.3, 0.4) is 0 Å². The van der Waals surface area contributed by atoms with E-state index in [2.05, 4.69) is 72.0 Å². The minimum atomic E-state index is 0.597. The maximum atomic E-state index is 5.77. The summed E-state index contributed by atoms with van der Waals surface area (Å²) >= 11 is 5.77. The van der Waals surface area contributed by atoms with Crippen molar-refractivity contribution in [1.29, 1.82) is 0 Å². The van der Waals surface area contributed by atoms with Gasteiger partial charge in [-0.1, -0.05) is 60.7 Å². The van der Waals surface area contributed by atoms with Crippen molar-refractivity contribution in [3.8, 4) is 0 Å². The Labute approximate surface area is 120 Å². The van der Waals surface area contributed by atoms with Gasteiger partial charge in [-0.2, -0.15) is 0 Å². The Morgan fingerprint density at radius 3 is 1.68 bits per heavy atom. The SMILES string of the molecule is ClC[CH]CN(Cc1ccccc1)Cc1ccccc1. The van der Waals surface area contributed by atoms with Crippen LogP contribution in [0.2, 0.25) is 0 Å². The predicted molar refractivity (Wildman–Crippen MR) is 82.0 cm³/mol. The Kier molecular flexibility index (Phi) is 5.93. The van der Waals surface area contributed by atoms with Gasteiger partial charge in [0, 0.05) is 25.5 Å². The minimum absolute atomic E-state index is 0.597. The second kappa shape index (κ2) is 7.98. The number of nitrogens with zero attached hydrogens (tertiary/aromatic N) is 1. The molecule has 0 saturated carbocycles. The number of rotatable bonds is 7. The van der Waals surface area contributed by atoms with E-state index in [1.807, 2.05) is 0 Å². The van der Waals surface area contributed by atoms with Crippen molar-refractivity contribution < 1.29 is 0 Å². The molecule has 1 nitrogen and oxygen atoms in total. The van der Waals surface area contributed by atoms with Crippen LogP contribution in [0.5, 0.6) is 0 Å². The molecule has 19 heavy (non-hydrogen) atoms. The third-order valence-corrected chi connectivity index (χ3v) is 3.21. The van der Waals surface area contributed by atoms with E-state index >= 15 is 0 Å². The van der Waals surface area contributed by atoms with Crippen molar-refractivity contribution in [2.45, 2.75) is 13.1 Å². The lowest BCUT2D eigenvalue weighted by atomic mass is 10.1. The highest BCUT2D eigenvalue weighted by Gasteiger charge is 2.06. The molecular weight excluding hydrogens is 254 g/mol. The number of hydrogen-bond donors (Lipinski definition) is 0. The zero-order valence-corrected chi connectivity index (χ0v) is 11.8. The molecule has 0 aliphatic carbocycles. The van der Waals surface area contributed by atoms with Crippen LogP contribution in [0.1, 0.15) is 11.1 Å². The van der Waals surface area contributed by atoms with Gasteiger partial charge in [0.25, 0.3) is 0 Å². The summed E-state index contributed by atoms with van der Waals surface area (Å²) in [5.41, 5.74) is 2.67. The molecule has 0 amide bonds. The van der Waals surface area contributed by atoms with Gasteiger partial charge in [0.1, 0.15) is 0 Å². The van der Waals surface area contributed by atoms with Crippen molar-refractivity contribution in [2.75, 3.05) is 12.4 Å². The Bertz CT molecular complexity index is 414. The normalized spacial score (nSPS) is 10.8. The fourth-order valence-corrected chi connectivity index (χ4v) is 2.20. The summed E-state index contributed by atoms with van der Waals surface area (Å²) in [7, 11) is 0. The predicted octanol–water partition coefficient (Wildman–Crippen LogP) is 4.13. The van der Waals surface area contributed by atoms with Crippen LogP contribution >= 0.6 is 11.6 Å². The average Bonchev–Trinajstić information content (AvgIpc) is 2.47. The summed E-state index contributed by atoms with van der Waals surface area (Å²) in [5, 5.41) is 0. The minimum Gasteiger partial charge on any atom is -0.295 e. The van der Waals surface area contributed by atoms with E-state index in [0.717, 1.165) is 19.6 Å². The molecule has 0 N–H and O–H groups in total.